The van der Waals surface area contributed by atoms with Gasteiger partial charge in [-0.1, -0.05) is 11.0 Å². The zero-order chi connectivity index (χ0) is 6.91. The van der Waals surface area contributed by atoms with Crippen LogP contribution >= 0.6 is 21.7 Å². The highest BCUT2D eigenvalue weighted by atomic mass is 35.7. The van der Waals surface area contributed by atoms with Crippen LogP contribution in [0.15, 0.2) is 0 Å². The molecule has 0 N–H and O–H groups in total. The maximum absolute atomic E-state index is 10.7. The van der Waals surface area contributed by atoms with E-state index >= 15 is 0 Å². The first-order valence-corrected chi connectivity index (χ1v) is 6.14. The first-order valence-electron chi connectivity index (χ1n) is 2.62. The van der Waals surface area contributed by atoms with Gasteiger partial charge in [0.05, 0.1) is 11.5 Å². The lowest BCUT2D eigenvalue weighted by Crippen LogP contribution is -2.04. The molecule has 0 saturated carbocycles. The molecule has 0 amide bonds. The van der Waals surface area contributed by atoms with E-state index in [4.69, 9.17) is 10.7 Å². The van der Waals surface area contributed by atoms with Crippen LogP contribution < -0.4 is 0 Å². The minimum absolute atomic E-state index is 0.136. The third-order valence-electron chi connectivity index (χ3n) is 1.32. The molecule has 0 aliphatic carbocycles. The third-order valence-corrected chi connectivity index (χ3v) is 4.71. The zero-order valence-electron chi connectivity index (χ0n) is 4.71. The predicted molar refractivity (Wildman–Crippen MR) is 40.5 cm³/mol. The van der Waals surface area contributed by atoms with Crippen molar-refractivity contribution in [1.29, 1.82) is 0 Å². The van der Waals surface area contributed by atoms with Gasteiger partial charge in [-0.15, -0.1) is 0 Å². The molecule has 0 aromatic carbocycles. The average Bonchev–Trinajstić information content (AvgIpc) is 2.10. The number of hydrogen-bond donors (Lipinski definition) is 0. The van der Waals surface area contributed by atoms with Gasteiger partial charge in [0.1, 0.15) is 0 Å². The molecule has 9 heavy (non-hydrogen) atoms. The standard InChI is InChI=1S/C4H7ClO2S2/c5-8-4-1-2-9(6,7)3-4/h4H,1-3H2. The van der Waals surface area contributed by atoms with Gasteiger partial charge in [0.2, 0.25) is 0 Å². The van der Waals surface area contributed by atoms with Gasteiger partial charge in [0, 0.05) is 5.25 Å². The summed E-state index contributed by atoms with van der Waals surface area (Å²) in [6.07, 6.45) is 0.719. The highest BCUT2D eigenvalue weighted by molar-refractivity contribution is 8.22. The Morgan fingerprint density at radius 2 is 2.22 bits per heavy atom. The molecule has 1 heterocycles. The van der Waals surface area contributed by atoms with Crippen LogP contribution in [0.2, 0.25) is 0 Å². The van der Waals surface area contributed by atoms with Crippen molar-refractivity contribution >= 4 is 31.5 Å². The van der Waals surface area contributed by atoms with E-state index < -0.39 is 9.84 Å². The monoisotopic (exact) mass is 186 g/mol. The molecule has 0 radical (unpaired) electrons. The van der Waals surface area contributed by atoms with E-state index in [0.29, 0.717) is 5.75 Å². The molecule has 0 bridgehead atoms. The van der Waals surface area contributed by atoms with Crippen LogP contribution in [-0.4, -0.2) is 25.2 Å². The van der Waals surface area contributed by atoms with Crippen molar-refractivity contribution in [3.63, 3.8) is 0 Å². The van der Waals surface area contributed by atoms with Crippen LogP contribution in [0, 0.1) is 0 Å². The Morgan fingerprint density at radius 3 is 2.44 bits per heavy atom. The molecule has 1 saturated heterocycles. The predicted octanol–water partition coefficient (Wildman–Crippen LogP) is 1.06. The van der Waals surface area contributed by atoms with Gasteiger partial charge in [-0.05, 0) is 17.1 Å². The number of sulfone groups is 1. The molecule has 1 unspecified atom stereocenters. The van der Waals surface area contributed by atoms with E-state index in [2.05, 4.69) is 0 Å². The smallest absolute Gasteiger partial charge is 0.151 e. The molecular weight excluding hydrogens is 180 g/mol. The van der Waals surface area contributed by atoms with Gasteiger partial charge in [0.15, 0.2) is 9.84 Å². The van der Waals surface area contributed by atoms with Crippen LogP contribution in [0.4, 0.5) is 0 Å². The lowest BCUT2D eigenvalue weighted by Gasteiger charge is -1.95. The molecule has 0 aromatic heterocycles. The Hall–Kier alpha value is 0.590. The van der Waals surface area contributed by atoms with Gasteiger partial charge in [-0.25, -0.2) is 8.42 Å². The summed E-state index contributed by atoms with van der Waals surface area (Å²) >= 11 is 0. The Kier molecular flexibility index (Phi) is 2.29. The summed E-state index contributed by atoms with van der Waals surface area (Å²) in [5, 5.41) is 0.136. The summed E-state index contributed by atoms with van der Waals surface area (Å²) in [5.74, 6) is 0.582. The number of halogens is 1. The normalized spacial score (nSPS) is 32.8. The first kappa shape index (κ1) is 7.69. The summed E-state index contributed by atoms with van der Waals surface area (Å²) in [6, 6.07) is 0. The largest absolute Gasteiger partial charge is 0.229 e. The lowest BCUT2D eigenvalue weighted by molar-refractivity contribution is 0.602. The molecule has 5 heteroatoms. The second-order valence-corrected chi connectivity index (χ2v) is 5.72. The molecule has 1 atom stereocenters. The fourth-order valence-electron chi connectivity index (χ4n) is 0.831. The van der Waals surface area contributed by atoms with Crippen LogP contribution in [0.5, 0.6) is 0 Å². The van der Waals surface area contributed by atoms with Crippen molar-refractivity contribution in [2.45, 2.75) is 11.7 Å². The zero-order valence-corrected chi connectivity index (χ0v) is 7.10. The molecule has 1 rings (SSSR count). The van der Waals surface area contributed by atoms with Crippen molar-refractivity contribution < 1.29 is 8.42 Å². The molecule has 0 spiro atoms. The van der Waals surface area contributed by atoms with Gasteiger partial charge >= 0.3 is 0 Å². The fourth-order valence-corrected chi connectivity index (χ4v) is 4.29. The maximum Gasteiger partial charge on any atom is 0.151 e. The molecule has 2 nitrogen and oxygen atoms in total. The quantitative estimate of drug-likeness (QED) is 0.614. The second-order valence-electron chi connectivity index (χ2n) is 2.11. The van der Waals surface area contributed by atoms with Gasteiger partial charge in [-0.3, -0.25) is 0 Å². The van der Waals surface area contributed by atoms with E-state index in [1.54, 1.807) is 0 Å². The van der Waals surface area contributed by atoms with E-state index in [-0.39, 0.29) is 11.0 Å². The van der Waals surface area contributed by atoms with Crippen molar-refractivity contribution in [3.8, 4) is 0 Å². The Labute approximate surface area is 63.4 Å². The van der Waals surface area contributed by atoms with E-state index in [1.165, 1.54) is 0 Å². The Balaban J connectivity index is 2.58. The Bertz CT molecular complexity index is 187. The molecule has 1 aliphatic rings. The van der Waals surface area contributed by atoms with Gasteiger partial charge < -0.3 is 0 Å². The van der Waals surface area contributed by atoms with Crippen LogP contribution in [-0.2, 0) is 9.84 Å². The second kappa shape index (κ2) is 2.68. The summed E-state index contributed by atoms with van der Waals surface area (Å²) in [5.41, 5.74) is 0. The SMILES string of the molecule is O=S1(=O)CCC(SCl)C1. The summed E-state index contributed by atoms with van der Waals surface area (Å²) < 4.78 is 21.5. The third kappa shape index (κ3) is 2.02. The van der Waals surface area contributed by atoms with Crippen molar-refractivity contribution in [3.05, 3.63) is 0 Å². The van der Waals surface area contributed by atoms with Crippen LogP contribution in [0.1, 0.15) is 6.42 Å². The van der Waals surface area contributed by atoms with Crippen LogP contribution in [0.25, 0.3) is 0 Å². The minimum atomic E-state index is -2.71. The Morgan fingerprint density at radius 1 is 1.56 bits per heavy atom. The topological polar surface area (TPSA) is 34.1 Å². The van der Waals surface area contributed by atoms with E-state index in [1.807, 2.05) is 0 Å². The molecule has 1 aliphatic heterocycles. The maximum atomic E-state index is 10.7. The molecule has 0 aromatic rings. The van der Waals surface area contributed by atoms with Crippen molar-refractivity contribution in [2.75, 3.05) is 11.5 Å². The van der Waals surface area contributed by atoms with E-state index in [9.17, 15) is 8.42 Å². The molecule has 1 fully saturated rings. The average molecular weight is 187 g/mol. The summed E-state index contributed by atoms with van der Waals surface area (Å²) in [4.78, 5) is 0. The molecule has 54 valence electrons. The number of rotatable bonds is 1. The minimum Gasteiger partial charge on any atom is -0.229 e. The number of hydrogen-bond acceptors (Lipinski definition) is 3. The van der Waals surface area contributed by atoms with Crippen molar-refractivity contribution in [1.82, 2.24) is 0 Å². The summed E-state index contributed by atoms with van der Waals surface area (Å²) in [6.45, 7) is 0. The fraction of sp³-hybridized carbons (Fsp3) is 1.00. The molecular formula is C4H7ClO2S2. The van der Waals surface area contributed by atoms with Gasteiger partial charge in [-0.2, -0.15) is 0 Å². The lowest BCUT2D eigenvalue weighted by atomic mass is 10.4. The first-order chi connectivity index (χ1) is 4.14. The summed E-state index contributed by atoms with van der Waals surface area (Å²) in [7, 11) is 3.80. The highest BCUT2D eigenvalue weighted by Gasteiger charge is 2.27. The highest BCUT2D eigenvalue weighted by Crippen LogP contribution is 2.26. The van der Waals surface area contributed by atoms with Gasteiger partial charge in [0.25, 0.3) is 0 Å². The van der Waals surface area contributed by atoms with E-state index in [0.717, 1.165) is 17.4 Å². The van der Waals surface area contributed by atoms with Crippen molar-refractivity contribution in [2.24, 2.45) is 0 Å². The van der Waals surface area contributed by atoms with Crippen LogP contribution in [0.3, 0.4) is 0 Å².